The summed E-state index contributed by atoms with van der Waals surface area (Å²) < 4.78 is 19.6. The summed E-state index contributed by atoms with van der Waals surface area (Å²) in [4.78, 5) is 20.7. The maximum Gasteiger partial charge on any atom is 0.227 e. The van der Waals surface area contributed by atoms with E-state index < -0.39 is 0 Å². The summed E-state index contributed by atoms with van der Waals surface area (Å²) in [5, 5.41) is 12.8. The molecule has 3 heterocycles. The molecule has 1 aliphatic rings. The number of fused-ring (bicyclic) bond motifs is 2. The number of pyridine rings is 1. The molecule has 1 saturated carbocycles. The molecule has 3 aromatic carbocycles. The van der Waals surface area contributed by atoms with E-state index in [0.717, 1.165) is 81.1 Å². The van der Waals surface area contributed by atoms with E-state index in [1.54, 1.807) is 12.4 Å². The van der Waals surface area contributed by atoms with Gasteiger partial charge in [-0.3, -0.25) is 14.9 Å². The first-order chi connectivity index (χ1) is 20.6. The second kappa shape index (κ2) is 10.8. The summed E-state index contributed by atoms with van der Waals surface area (Å²) >= 11 is 0. The van der Waals surface area contributed by atoms with Crippen LogP contribution in [0.5, 0.6) is 5.75 Å². The molecule has 0 radical (unpaired) electrons. The first kappa shape index (κ1) is 26.0. The van der Waals surface area contributed by atoms with Crippen LogP contribution in [0.25, 0.3) is 55.4 Å². The summed E-state index contributed by atoms with van der Waals surface area (Å²) in [6.45, 7) is 0. The van der Waals surface area contributed by atoms with Gasteiger partial charge in [-0.1, -0.05) is 37.5 Å². The lowest BCUT2D eigenvalue weighted by molar-refractivity contribution is -0.120. The summed E-state index contributed by atoms with van der Waals surface area (Å²) in [6.07, 6.45) is 8.83. The minimum Gasteiger partial charge on any atom is -0.497 e. The predicted molar refractivity (Wildman–Crippen MR) is 164 cm³/mol. The standard InChI is InChI=1S/C34H30FN5O2/c1-42-26-14-22(12-24(35)16-26)27-8-5-9-30-28(27)17-32(38-30)33-29-15-21(10-11-31(29)39-40-33)23-13-25(19-36-18-23)37-34(41)20-6-3-2-4-7-20/h5,8-20,38H,2-4,6-7H2,1H3,(H,37,41)(H,39,40). The van der Waals surface area contributed by atoms with Gasteiger partial charge in [0, 0.05) is 40.0 Å². The molecule has 0 spiro atoms. The molecule has 8 heteroatoms. The van der Waals surface area contributed by atoms with Crippen molar-refractivity contribution in [2.24, 2.45) is 5.92 Å². The second-order valence-electron chi connectivity index (χ2n) is 10.9. The van der Waals surface area contributed by atoms with Crippen LogP contribution >= 0.6 is 0 Å². The van der Waals surface area contributed by atoms with Gasteiger partial charge in [-0.2, -0.15) is 5.10 Å². The van der Waals surface area contributed by atoms with E-state index in [2.05, 4.69) is 31.5 Å². The monoisotopic (exact) mass is 559 g/mol. The third-order valence-electron chi connectivity index (χ3n) is 8.22. The molecule has 42 heavy (non-hydrogen) atoms. The summed E-state index contributed by atoms with van der Waals surface area (Å²) in [6, 6.07) is 20.8. The molecule has 7 rings (SSSR count). The van der Waals surface area contributed by atoms with Crippen LogP contribution in [-0.4, -0.2) is 33.2 Å². The van der Waals surface area contributed by atoms with E-state index in [1.165, 1.54) is 25.7 Å². The number of halogens is 1. The fourth-order valence-corrected chi connectivity index (χ4v) is 6.04. The van der Waals surface area contributed by atoms with Gasteiger partial charge in [0.25, 0.3) is 0 Å². The Labute approximate surface area is 242 Å². The molecule has 3 N–H and O–H groups in total. The van der Waals surface area contributed by atoms with Crippen LogP contribution in [0, 0.1) is 11.7 Å². The molecular formula is C34H30FN5O2. The number of nitrogens with zero attached hydrogens (tertiary/aromatic N) is 2. The second-order valence-corrected chi connectivity index (χ2v) is 10.9. The predicted octanol–water partition coefficient (Wildman–Crippen LogP) is 8.11. The van der Waals surface area contributed by atoms with Crippen LogP contribution in [0.4, 0.5) is 10.1 Å². The highest BCUT2D eigenvalue weighted by atomic mass is 19.1. The molecule has 0 unspecified atom stereocenters. The fraction of sp³-hybridized carbons (Fsp3) is 0.206. The lowest BCUT2D eigenvalue weighted by atomic mass is 9.88. The molecule has 6 aromatic rings. The van der Waals surface area contributed by atoms with E-state index in [0.29, 0.717) is 11.4 Å². The zero-order valence-electron chi connectivity index (χ0n) is 23.2. The number of aromatic amines is 2. The van der Waals surface area contributed by atoms with Gasteiger partial charge >= 0.3 is 0 Å². The van der Waals surface area contributed by atoms with Crippen molar-refractivity contribution < 1.29 is 13.9 Å². The zero-order chi connectivity index (χ0) is 28.6. The van der Waals surface area contributed by atoms with Crippen molar-refractivity contribution in [1.82, 2.24) is 20.2 Å². The van der Waals surface area contributed by atoms with Gasteiger partial charge in [0.15, 0.2) is 0 Å². The van der Waals surface area contributed by atoms with E-state index in [4.69, 9.17) is 4.74 Å². The average molecular weight is 560 g/mol. The van der Waals surface area contributed by atoms with Gasteiger partial charge in [-0.25, -0.2) is 4.39 Å². The number of hydrogen-bond acceptors (Lipinski definition) is 4. The van der Waals surface area contributed by atoms with Crippen LogP contribution < -0.4 is 10.1 Å². The number of rotatable bonds is 6. The van der Waals surface area contributed by atoms with Crippen molar-refractivity contribution in [1.29, 1.82) is 0 Å². The van der Waals surface area contributed by atoms with Crippen LogP contribution in [0.15, 0.2) is 79.1 Å². The molecule has 0 bridgehead atoms. The lowest BCUT2D eigenvalue weighted by Crippen LogP contribution is -2.24. The summed E-state index contributed by atoms with van der Waals surface area (Å²) in [5.41, 5.74) is 7.65. The molecule has 0 saturated heterocycles. The minimum atomic E-state index is -0.352. The van der Waals surface area contributed by atoms with Gasteiger partial charge in [-0.05, 0) is 72.0 Å². The van der Waals surface area contributed by atoms with Crippen molar-refractivity contribution in [3.63, 3.8) is 0 Å². The molecule has 0 atom stereocenters. The van der Waals surface area contributed by atoms with E-state index in [-0.39, 0.29) is 17.6 Å². The van der Waals surface area contributed by atoms with Gasteiger partial charge in [0.2, 0.25) is 5.91 Å². The Bertz CT molecular complexity index is 1940. The van der Waals surface area contributed by atoms with Gasteiger partial charge < -0.3 is 15.0 Å². The molecule has 210 valence electrons. The summed E-state index contributed by atoms with van der Waals surface area (Å²) in [5.74, 6) is 0.272. The third kappa shape index (κ3) is 4.89. The highest BCUT2D eigenvalue weighted by Gasteiger charge is 2.21. The smallest absolute Gasteiger partial charge is 0.227 e. The van der Waals surface area contributed by atoms with Crippen LogP contribution in [0.1, 0.15) is 32.1 Å². The van der Waals surface area contributed by atoms with E-state index in [1.807, 2.05) is 48.5 Å². The maximum absolute atomic E-state index is 14.3. The molecule has 7 nitrogen and oxygen atoms in total. The number of ether oxygens (including phenoxy) is 1. The van der Waals surface area contributed by atoms with Crippen molar-refractivity contribution >= 4 is 33.4 Å². The summed E-state index contributed by atoms with van der Waals surface area (Å²) in [7, 11) is 1.53. The number of anilines is 1. The normalized spacial score (nSPS) is 14.0. The number of carbonyl (C=O) groups excluding carboxylic acids is 1. The number of hydrogen-bond donors (Lipinski definition) is 3. The number of amides is 1. The van der Waals surface area contributed by atoms with Crippen LogP contribution in [0.2, 0.25) is 0 Å². The fourth-order valence-electron chi connectivity index (χ4n) is 6.04. The number of aromatic nitrogens is 4. The van der Waals surface area contributed by atoms with Crippen molar-refractivity contribution in [2.75, 3.05) is 12.4 Å². The third-order valence-corrected chi connectivity index (χ3v) is 8.22. The Morgan fingerprint density at radius 2 is 1.79 bits per heavy atom. The first-order valence-corrected chi connectivity index (χ1v) is 14.3. The van der Waals surface area contributed by atoms with Gasteiger partial charge in [0.1, 0.15) is 17.3 Å². The Hall–Kier alpha value is -4.98. The lowest BCUT2D eigenvalue weighted by Gasteiger charge is -2.20. The number of nitrogens with one attached hydrogen (secondary N) is 3. The highest BCUT2D eigenvalue weighted by molar-refractivity contribution is 6.02. The highest BCUT2D eigenvalue weighted by Crippen LogP contribution is 2.36. The average Bonchev–Trinajstić information content (AvgIpc) is 3.65. The number of benzene rings is 3. The van der Waals surface area contributed by atoms with Crippen molar-refractivity contribution in [2.45, 2.75) is 32.1 Å². The Balaban J connectivity index is 1.23. The maximum atomic E-state index is 14.3. The van der Waals surface area contributed by atoms with Gasteiger partial charge in [0.05, 0.1) is 30.2 Å². The minimum absolute atomic E-state index is 0.0759. The Kier molecular flexibility index (Phi) is 6.66. The van der Waals surface area contributed by atoms with Crippen LogP contribution in [0.3, 0.4) is 0 Å². The molecule has 3 aromatic heterocycles. The molecular weight excluding hydrogens is 529 g/mol. The Morgan fingerprint density at radius 1 is 0.905 bits per heavy atom. The molecule has 0 aliphatic heterocycles. The van der Waals surface area contributed by atoms with E-state index >= 15 is 0 Å². The largest absolute Gasteiger partial charge is 0.497 e. The number of methoxy groups -OCH3 is 1. The van der Waals surface area contributed by atoms with Crippen molar-refractivity contribution in [3.8, 4) is 39.4 Å². The molecule has 1 aliphatic carbocycles. The van der Waals surface area contributed by atoms with Gasteiger partial charge in [-0.15, -0.1) is 0 Å². The number of H-pyrrole nitrogens is 2. The Morgan fingerprint density at radius 3 is 2.64 bits per heavy atom. The quantitative estimate of drug-likeness (QED) is 0.192. The van der Waals surface area contributed by atoms with Crippen molar-refractivity contribution in [3.05, 3.63) is 84.9 Å². The molecule has 1 fully saturated rings. The number of carbonyl (C=O) groups is 1. The first-order valence-electron chi connectivity index (χ1n) is 14.3. The zero-order valence-corrected chi connectivity index (χ0v) is 23.2. The molecule has 1 amide bonds. The topological polar surface area (TPSA) is 95.7 Å². The SMILES string of the molecule is COc1cc(F)cc(-c2cccc3[nH]c(-c4n[nH]c5ccc(-c6cncc(NC(=O)C7CCCCC7)c6)cc45)cc23)c1. The van der Waals surface area contributed by atoms with E-state index in [9.17, 15) is 9.18 Å². The van der Waals surface area contributed by atoms with Crippen LogP contribution in [-0.2, 0) is 4.79 Å².